The highest BCUT2D eigenvalue weighted by atomic mass is 15.2. The SMILES string of the molecule is CC1(C)CCC(C)(C)c2cc(N(c3cc4c5c(c3)N(c3ccc6c(c3)C(C)(C)CCC6(C)C)c3cc6c(cc3B5c3cc5c(cc3N4c3ccc4c(c3)CCCCCCC4)CCCCCCC5)C(C)(C)CCC6(C)C)c3ccc4c(c3)C(C)(C)CCC4(C)C)ccc21. The van der Waals surface area contributed by atoms with Gasteiger partial charge in [-0.15, -0.1) is 0 Å². The number of nitrogens with zero attached hydrogens (tertiary/aromatic N) is 3. The van der Waals surface area contributed by atoms with Gasteiger partial charge in [0.1, 0.15) is 0 Å². The summed E-state index contributed by atoms with van der Waals surface area (Å²) >= 11 is 0. The molecule has 0 bridgehead atoms. The number of benzene rings is 7. The highest BCUT2D eigenvalue weighted by molar-refractivity contribution is 7.00. The molecule has 7 aromatic rings. The molecule has 480 valence electrons. The van der Waals surface area contributed by atoms with E-state index in [0.29, 0.717) is 0 Å². The zero-order valence-corrected chi connectivity index (χ0v) is 59.9. The normalized spacial score (nSPS) is 22.2. The van der Waals surface area contributed by atoms with Crippen LogP contribution in [0.15, 0.2) is 109 Å². The van der Waals surface area contributed by atoms with Gasteiger partial charge in [-0.3, -0.25) is 0 Å². The molecule has 8 aliphatic rings. The monoisotopic (exact) mass is 1220 g/mol. The van der Waals surface area contributed by atoms with Crippen molar-refractivity contribution in [1.29, 1.82) is 0 Å². The molecule has 0 spiro atoms. The molecule has 0 fully saturated rings. The summed E-state index contributed by atoms with van der Waals surface area (Å²) in [7, 11) is 0. The lowest BCUT2D eigenvalue weighted by Gasteiger charge is -2.48. The van der Waals surface area contributed by atoms with Crippen LogP contribution in [0.5, 0.6) is 0 Å². The van der Waals surface area contributed by atoms with Crippen LogP contribution in [0.1, 0.15) is 293 Å². The zero-order chi connectivity index (χ0) is 64.5. The van der Waals surface area contributed by atoms with Crippen LogP contribution < -0.4 is 31.1 Å². The predicted molar refractivity (Wildman–Crippen MR) is 397 cm³/mol. The van der Waals surface area contributed by atoms with Crippen LogP contribution >= 0.6 is 0 Å². The first-order valence-electron chi connectivity index (χ1n) is 37.0. The van der Waals surface area contributed by atoms with Crippen LogP contribution in [0, 0.1) is 0 Å². The smallest absolute Gasteiger partial charge is 0.252 e. The molecule has 0 aromatic heterocycles. The van der Waals surface area contributed by atoms with Crippen molar-refractivity contribution in [3.8, 4) is 0 Å². The second-order valence-electron chi connectivity index (χ2n) is 36.2. The van der Waals surface area contributed by atoms with Gasteiger partial charge in [-0.1, -0.05) is 186 Å². The van der Waals surface area contributed by atoms with Gasteiger partial charge in [0.25, 0.3) is 6.71 Å². The molecule has 92 heavy (non-hydrogen) atoms. The molecule has 15 rings (SSSR count). The fourth-order valence-corrected chi connectivity index (χ4v) is 19.5. The van der Waals surface area contributed by atoms with Gasteiger partial charge in [-0.05, 0) is 302 Å². The third kappa shape index (κ3) is 10.2. The lowest BCUT2D eigenvalue weighted by atomic mass is 9.33. The van der Waals surface area contributed by atoms with E-state index in [1.165, 1.54) is 229 Å². The molecule has 7 aromatic carbocycles. The van der Waals surface area contributed by atoms with Crippen molar-refractivity contribution < 1.29 is 0 Å². The number of hydrogen-bond acceptors (Lipinski definition) is 3. The number of rotatable bonds is 5. The van der Waals surface area contributed by atoms with Crippen LogP contribution in [-0.4, -0.2) is 6.71 Å². The molecule has 6 aliphatic carbocycles. The number of aryl methyl sites for hydroxylation is 4. The molecule has 4 heteroatoms. The van der Waals surface area contributed by atoms with E-state index in [-0.39, 0.29) is 50.0 Å². The number of hydrogen-bond donors (Lipinski definition) is 0. The summed E-state index contributed by atoms with van der Waals surface area (Å²) < 4.78 is 0. The van der Waals surface area contributed by atoms with Crippen molar-refractivity contribution in [2.24, 2.45) is 0 Å². The van der Waals surface area contributed by atoms with Crippen LogP contribution in [0.25, 0.3) is 0 Å². The molecule has 0 saturated carbocycles. The van der Waals surface area contributed by atoms with Gasteiger partial charge < -0.3 is 14.7 Å². The van der Waals surface area contributed by atoms with Crippen LogP contribution in [0.2, 0.25) is 0 Å². The van der Waals surface area contributed by atoms with Crippen molar-refractivity contribution in [3.63, 3.8) is 0 Å². The summed E-state index contributed by atoms with van der Waals surface area (Å²) in [6.07, 6.45) is 27.0. The molecular weight excluding hydrogens is 1110 g/mol. The minimum atomic E-state index is 0.0139. The summed E-state index contributed by atoms with van der Waals surface area (Å²) in [5.41, 5.74) is 35.0. The van der Waals surface area contributed by atoms with Gasteiger partial charge in [-0.2, -0.15) is 0 Å². The largest absolute Gasteiger partial charge is 0.311 e. The van der Waals surface area contributed by atoms with Crippen molar-refractivity contribution >= 4 is 74.3 Å². The van der Waals surface area contributed by atoms with E-state index in [1.54, 1.807) is 27.8 Å². The van der Waals surface area contributed by atoms with E-state index in [1.807, 2.05) is 0 Å². The van der Waals surface area contributed by atoms with E-state index >= 15 is 0 Å². The van der Waals surface area contributed by atoms with Gasteiger partial charge in [0.05, 0.1) is 5.69 Å². The highest BCUT2D eigenvalue weighted by Gasteiger charge is 2.49. The Hall–Kier alpha value is -6.00. The number of anilines is 9. The average molecular weight is 1220 g/mol. The quantitative estimate of drug-likeness (QED) is 0.159. The molecule has 0 radical (unpaired) electrons. The Balaban J connectivity index is 1.10. The Bertz CT molecular complexity index is 4040. The Morgan fingerprint density at radius 3 is 1.09 bits per heavy atom. The summed E-state index contributed by atoms with van der Waals surface area (Å²) in [6, 6.07) is 47.6. The summed E-state index contributed by atoms with van der Waals surface area (Å²) in [4.78, 5) is 8.43. The summed E-state index contributed by atoms with van der Waals surface area (Å²) in [6.45, 7) is 40.3. The van der Waals surface area contributed by atoms with Gasteiger partial charge >= 0.3 is 0 Å². The molecule has 2 heterocycles. The Morgan fingerprint density at radius 2 is 0.609 bits per heavy atom. The second-order valence-corrected chi connectivity index (χ2v) is 36.2. The molecule has 2 aliphatic heterocycles. The first-order chi connectivity index (χ1) is 43.5. The van der Waals surface area contributed by atoms with Crippen LogP contribution in [-0.2, 0) is 69.0 Å². The minimum absolute atomic E-state index is 0.0139. The lowest BCUT2D eigenvalue weighted by Crippen LogP contribution is -2.62. The third-order valence-electron chi connectivity index (χ3n) is 26.1. The van der Waals surface area contributed by atoms with E-state index < -0.39 is 0 Å². The fraction of sp³-hybridized carbons (Fsp3) is 0.523. The van der Waals surface area contributed by atoms with E-state index in [4.69, 9.17) is 0 Å². The van der Waals surface area contributed by atoms with Gasteiger partial charge in [-0.25, -0.2) is 0 Å². The molecule has 0 atom stereocenters. The van der Waals surface area contributed by atoms with Crippen molar-refractivity contribution in [2.75, 3.05) is 14.7 Å². The Morgan fingerprint density at radius 1 is 0.272 bits per heavy atom. The summed E-state index contributed by atoms with van der Waals surface area (Å²) in [5, 5.41) is 0. The average Bonchev–Trinajstić information content (AvgIpc) is 0.691. The van der Waals surface area contributed by atoms with E-state index in [0.717, 1.165) is 19.3 Å². The van der Waals surface area contributed by atoms with Crippen LogP contribution in [0.4, 0.5) is 51.2 Å². The highest BCUT2D eigenvalue weighted by Crippen LogP contribution is 2.57. The topological polar surface area (TPSA) is 9.72 Å². The Kier molecular flexibility index (Phi) is 14.7. The van der Waals surface area contributed by atoms with Crippen LogP contribution in [0.3, 0.4) is 0 Å². The molecule has 0 amide bonds. The molecule has 0 unspecified atom stereocenters. The maximum absolute atomic E-state index is 2.84. The maximum Gasteiger partial charge on any atom is 0.252 e. The first-order valence-corrected chi connectivity index (χ1v) is 37.0. The lowest BCUT2D eigenvalue weighted by molar-refractivity contribution is 0.332. The van der Waals surface area contributed by atoms with Crippen molar-refractivity contribution in [3.05, 3.63) is 176 Å². The fourth-order valence-electron chi connectivity index (χ4n) is 19.5. The minimum Gasteiger partial charge on any atom is -0.311 e. The Labute approximate surface area is 557 Å². The van der Waals surface area contributed by atoms with Gasteiger partial charge in [0.2, 0.25) is 0 Å². The molecule has 3 nitrogen and oxygen atoms in total. The zero-order valence-electron chi connectivity index (χ0n) is 59.9. The number of fused-ring (bicyclic) bond motifs is 10. The van der Waals surface area contributed by atoms with Gasteiger partial charge in [0.15, 0.2) is 0 Å². The maximum atomic E-state index is 2.84. The molecule has 0 saturated heterocycles. The third-order valence-corrected chi connectivity index (χ3v) is 26.1. The van der Waals surface area contributed by atoms with Gasteiger partial charge in [0, 0.05) is 45.5 Å². The molecule has 0 N–H and O–H groups in total. The van der Waals surface area contributed by atoms with Crippen molar-refractivity contribution in [2.45, 2.75) is 295 Å². The summed E-state index contributed by atoms with van der Waals surface area (Å²) in [5.74, 6) is 0. The predicted octanol–water partition coefficient (Wildman–Crippen LogP) is 22.7. The second kappa shape index (κ2) is 21.8. The van der Waals surface area contributed by atoms with E-state index in [2.05, 4.69) is 235 Å². The van der Waals surface area contributed by atoms with Crippen molar-refractivity contribution in [1.82, 2.24) is 0 Å². The first kappa shape index (κ1) is 62.1. The van der Waals surface area contributed by atoms with E-state index in [9.17, 15) is 0 Å². The molecular formula is C88H110BN3. The standard InChI is InChI=1S/C88H110BN3/c1-81(2)39-42-84(7,8)69-50-62(33-36-66(69)81)90(63-34-37-67-70(51-63)85(9,10)43-40-82(67,3)4)65-53-78-80-79(54-65)92(64-35-38-68-71(52-64)86(11,12)44-41-83(68,5)6)77-56-73-72(87(13,14)45-46-88(73,15)16)55-75(77)89(80)74-48-59-29-25-21-18-22-26-30-60(59)49-76(74)91(78)61-32-31-57-27-23-19-17-20-24-28-58(57)47-61/h31-38,47-56H,17-30,39-46H2,1-16H3.